The van der Waals surface area contributed by atoms with Crippen molar-refractivity contribution in [2.75, 3.05) is 38.2 Å². The average Bonchev–Trinajstić information content (AvgIpc) is 3.50. The first kappa shape index (κ1) is 29.7. The van der Waals surface area contributed by atoms with Crippen molar-refractivity contribution in [3.63, 3.8) is 0 Å². The van der Waals surface area contributed by atoms with E-state index in [1.54, 1.807) is 28.4 Å². The van der Waals surface area contributed by atoms with Crippen molar-refractivity contribution in [2.45, 2.75) is 0 Å². The van der Waals surface area contributed by atoms with Crippen LogP contribution in [0.5, 0.6) is 23.0 Å². The molecule has 0 aromatic heterocycles. The Balaban J connectivity index is 1.25. The number of nitrogens with zero attached hydrogens (tertiary/aromatic N) is 2. The molecule has 0 fully saturated rings. The van der Waals surface area contributed by atoms with Gasteiger partial charge in [-0.15, -0.1) is 0 Å². The van der Waals surface area contributed by atoms with Crippen LogP contribution in [0.25, 0.3) is 11.1 Å². The summed E-state index contributed by atoms with van der Waals surface area (Å²) in [4.78, 5) is 4.49. The van der Waals surface area contributed by atoms with Gasteiger partial charge < -0.3 is 28.7 Å². The monoisotopic (exact) mass is 619 g/mol. The fourth-order valence-corrected chi connectivity index (χ4v) is 6.09. The van der Waals surface area contributed by atoms with E-state index in [0.29, 0.717) is 0 Å². The van der Waals surface area contributed by atoms with E-state index in [1.807, 2.05) is 48.5 Å². The number of rotatable bonds is 10. The second kappa shape index (κ2) is 12.8. The fraction of sp³-hybridized carbons (Fsp3) is 0.0976. The van der Waals surface area contributed by atoms with E-state index in [4.69, 9.17) is 18.9 Å². The van der Waals surface area contributed by atoms with Gasteiger partial charge in [-0.05, 0) is 121 Å². The number of ether oxygens (including phenoxy) is 4. The Morgan fingerprint density at radius 3 is 0.851 bits per heavy atom. The molecule has 0 amide bonds. The van der Waals surface area contributed by atoms with Crippen molar-refractivity contribution >= 4 is 34.1 Å². The summed E-state index contributed by atoms with van der Waals surface area (Å²) in [5.41, 5.74) is 11.0. The Morgan fingerprint density at radius 2 is 0.596 bits per heavy atom. The van der Waals surface area contributed by atoms with Crippen LogP contribution < -0.4 is 28.7 Å². The van der Waals surface area contributed by atoms with E-state index in [-0.39, 0.29) is 0 Å². The highest BCUT2D eigenvalue weighted by atomic mass is 16.5. The largest absolute Gasteiger partial charge is 0.497 e. The average molecular weight is 620 g/mol. The molecule has 6 aromatic carbocycles. The van der Waals surface area contributed by atoms with Crippen molar-refractivity contribution in [3.05, 3.63) is 151 Å². The van der Waals surface area contributed by atoms with E-state index in [0.717, 1.165) is 57.1 Å². The molecule has 0 N–H and O–H groups in total. The van der Waals surface area contributed by atoms with E-state index in [2.05, 4.69) is 101 Å². The lowest BCUT2D eigenvalue weighted by molar-refractivity contribution is 0.414. The van der Waals surface area contributed by atoms with Crippen LogP contribution in [0.2, 0.25) is 0 Å². The third-order valence-corrected chi connectivity index (χ3v) is 8.51. The zero-order valence-corrected chi connectivity index (χ0v) is 26.8. The summed E-state index contributed by atoms with van der Waals surface area (Å²) < 4.78 is 21.7. The molecule has 0 aliphatic heterocycles. The minimum atomic E-state index is 0.815. The number of benzene rings is 6. The quantitative estimate of drug-likeness (QED) is 0.142. The molecule has 0 spiro atoms. The maximum atomic E-state index is 5.44. The molecule has 1 aliphatic rings. The van der Waals surface area contributed by atoms with Gasteiger partial charge >= 0.3 is 0 Å². The molecule has 0 heterocycles. The van der Waals surface area contributed by atoms with Crippen LogP contribution in [0.3, 0.4) is 0 Å². The van der Waals surface area contributed by atoms with Crippen LogP contribution >= 0.6 is 0 Å². The first-order valence-corrected chi connectivity index (χ1v) is 15.4. The first-order valence-electron chi connectivity index (χ1n) is 15.4. The normalized spacial score (nSPS) is 11.1. The number of anilines is 6. The fourth-order valence-electron chi connectivity index (χ4n) is 6.09. The Morgan fingerprint density at radius 1 is 0.340 bits per heavy atom. The summed E-state index contributed by atoms with van der Waals surface area (Å²) >= 11 is 0. The molecule has 1 aliphatic carbocycles. The van der Waals surface area contributed by atoms with Gasteiger partial charge in [0.05, 0.1) is 62.1 Å². The van der Waals surface area contributed by atoms with Crippen molar-refractivity contribution in [1.82, 2.24) is 0 Å². The Bertz CT molecular complexity index is 1750. The SMILES string of the molecule is COc1ccc(N(c2ccc(OC)cc2)c2ccc3c(c2)[CH+]c2cc(N(c4ccc(OC)cc4)c4ccc(OC)cc4)ccc2-3)cc1. The zero-order chi connectivity index (χ0) is 32.3. The topological polar surface area (TPSA) is 43.4 Å². The Kier molecular flexibility index (Phi) is 8.07. The molecule has 0 bridgehead atoms. The maximum absolute atomic E-state index is 5.44. The molecule has 6 aromatic rings. The van der Waals surface area contributed by atoms with Crippen LogP contribution in [0, 0.1) is 6.42 Å². The van der Waals surface area contributed by atoms with E-state index in [1.165, 1.54) is 22.3 Å². The molecule has 6 nitrogen and oxygen atoms in total. The smallest absolute Gasteiger partial charge is 0.119 e. The Labute approximate surface area is 276 Å². The van der Waals surface area contributed by atoms with Gasteiger partial charge in [0.25, 0.3) is 0 Å². The lowest BCUT2D eigenvalue weighted by atomic mass is 10.0. The second-order valence-corrected chi connectivity index (χ2v) is 11.2. The minimum Gasteiger partial charge on any atom is -0.497 e. The van der Waals surface area contributed by atoms with Gasteiger partial charge in [0.1, 0.15) is 23.0 Å². The van der Waals surface area contributed by atoms with Crippen molar-refractivity contribution in [3.8, 4) is 34.1 Å². The maximum Gasteiger partial charge on any atom is 0.119 e. The molecule has 0 radical (unpaired) electrons. The summed E-state index contributed by atoms with van der Waals surface area (Å²) in [5.74, 6) is 3.26. The zero-order valence-electron chi connectivity index (χ0n) is 26.8. The van der Waals surface area contributed by atoms with Crippen molar-refractivity contribution in [1.29, 1.82) is 0 Å². The highest BCUT2D eigenvalue weighted by Crippen LogP contribution is 2.46. The molecule has 0 unspecified atom stereocenters. The van der Waals surface area contributed by atoms with Gasteiger partial charge in [0.15, 0.2) is 0 Å². The summed E-state index contributed by atoms with van der Waals surface area (Å²) in [6.07, 6.45) is 2.28. The number of hydrogen-bond acceptors (Lipinski definition) is 6. The molecule has 0 saturated carbocycles. The van der Waals surface area contributed by atoms with Gasteiger partial charge in [0.2, 0.25) is 0 Å². The third-order valence-electron chi connectivity index (χ3n) is 8.51. The van der Waals surface area contributed by atoms with Crippen LogP contribution in [0.15, 0.2) is 133 Å². The minimum absolute atomic E-state index is 0.815. The predicted molar refractivity (Wildman–Crippen MR) is 190 cm³/mol. The van der Waals surface area contributed by atoms with Gasteiger partial charge in [-0.25, -0.2) is 0 Å². The lowest BCUT2D eigenvalue weighted by Crippen LogP contribution is -2.10. The molecule has 232 valence electrons. The molecular weight excluding hydrogens is 584 g/mol. The van der Waals surface area contributed by atoms with E-state index < -0.39 is 0 Å². The highest BCUT2D eigenvalue weighted by molar-refractivity contribution is 5.88. The van der Waals surface area contributed by atoms with Gasteiger partial charge in [-0.1, -0.05) is 0 Å². The third kappa shape index (κ3) is 5.77. The standard InChI is InChI=1S/C41H35N2O4/c1-44-36-15-5-30(6-16-36)42(31-7-17-37(45-2)18-8-31)34-13-23-40-28(26-34)25-29-27-35(14-24-41(29)40)43(32-9-19-38(46-3)20-10-32)33-11-21-39(47-4)22-12-33/h5-27H,1-4H3/q+1. The number of fused-ring (bicyclic) bond motifs is 3. The van der Waals surface area contributed by atoms with Crippen LogP contribution in [0.4, 0.5) is 34.1 Å². The molecular formula is C41H35N2O4+. The lowest BCUT2D eigenvalue weighted by Gasteiger charge is -2.25. The molecule has 0 atom stereocenters. The van der Waals surface area contributed by atoms with Crippen LogP contribution in [-0.4, -0.2) is 28.4 Å². The molecule has 0 saturated heterocycles. The number of methoxy groups -OCH3 is 4. The van der Waals surface area contributed by atoms with Gasteiger partial charge in [-0.3, -0.25) is 0 Å². The predicted octanol–water partition coefficient (Wildman–Crippen LogP) is 10.2. The van der Waals surface area contributed by atoms with E-state index >= 15 is 0 Å². The van der Waals surface area contributed by atoms with Crippen molar-refractivity contribution < 1.29 is 18.9 Å². The Hall–Kier alpha value is -6.01. The molecule has 6 heteroatoms. The first-order chi connectivity index (χ1) is 23.1. The molecule has 7 rings (SSSR count). The van der Waals surface area contributed by atoms with Crippen molar-refractivity contribution in [2.24, 2.45) is 0 Å². The van der Waals surface area contributed by atoms with E-state index in [9.17, 15) is 0 Å². The molecule has 47 heavy (non-hydrogen) atoms. The van der Waals surface area contributed by atoms with Gasteiger partial charge in [0, 0.05) is 41.3 Å². The number of hydrogen-bond donors (Lipinski definition) is 0. The van der Waals surface area contributed by atoms with Crippen LogP contribution in [-0.2, 0) is 0 Å². The summed E-state index contributed by atoms with van der Waals surface area (Å²) in [5, 5.41) is 0. The summed E-state index contributed by atoms with van der Waals surface area (Å²) in [6.45, 7) is 0. The highest BCUT2D eigenvalue weighted by Gasteiger charge is 2.30. The summed E-state index contributed by atoms with van der Waals surface area (Å²) in [7, 11) is 6.73. The van der Waals surface area contributed by atoms with Gasteiger partial charge in [-0.2, -0.15) is 0 Å². The summed E-state index contributed by atoms with van der Waals surface area (Å²) in [6, 6.07) is 45.8. The second-order valence-electron chi connectivity index (χ2n) is 11.2. The van der Waals surface area contributed by atoms with Crippen LogP contribution in [0.1, 0.15) is 11.1 Å².